The zero-order chi connectivity index (χ0) is 18.7. The van der Waals surface area contributed by atoms with Crippen molar-refractivity contribution < 1.29 is 46.5 Å². The Labute approximate surface area is 137 Å². The molecule has 2 aromatic rings. The smallest absolute Gasteiger partial charge is 0.446 e. The van der Waals surface area contributed by atoms with Crippen LogP contribution in [0.5, 0.6) is 17.2 Å². The van der Waals surface area contributed by atoms with E-state index in [0.29, 0.717) is 6.07 Å². The lowest BCUT2D eigenvalue weighted by Gasteiger charge is -2.13. The summed E-state index contributed by atoms with van der Waals surface area (Å²) < 4.78 is 39.9. The van der Waals surface area contributed by atoms with Crippen molar-refractivity contribution in [1.29, 1.82) is 0 Å². The van der Waals surface area contributed by atoms with E-state index in [2.05, 4.69) is 4.18 Å². The standard InChI is InChI=1S/C13H8O11S/c14-5-2-4-8(11(9(5)16)24-25(20,21)22)7-3(12(17)18)1-6(15)10(7)23-13(4)19/h2-3,14,16H,1H2,(H,17,18)(H,20,21,22). The van der Waals surface area contributed by atoms with Gasteiger partial charge in [-0.25, -0.2) is 4.79 Å². The number of aromatic hydroxyl groups is 2. The number of carbonyl (C=O) groups excluding carboxylic acids is 1. The van der Waals surface area contributed by atoms with E-state index in [0.717, 1.165) is 0 Å². The maximum absolute atomic E-state index is 12.0. The summed E-state index contributed by atoms with van der Waals surface area (Å²) >= 11 is 0. The molecule has 0 saturated heterocycles. The van der Waals surface area contributed by atoms with E-state index in [-0.39, 0.29) is 0 Å². The number of aliphatic carboxylic acids is 1. The summed E-state index contributed by atoms with van der Waals surface area (Å²) in [6.45, 7) is 0. The molecule has 1 aromatic carbocycles. The van der Waals surface area contributed by atoms with Gasteiger partial charge in [-0.2, -0.15) is 8.42 Å². The number of ketones is 1. The summed E-state index contributed by atoms with van der Waals surface area (Å²) in [6.07, 6.45) is -0.570. The highest BCUT2D eigenvalue weighted by molar-refractivity contribution is 7.81. The van der Waals surface area contributed by atoms with Crippen LogP contribution in [-0.4, -0.2) is 40.0 Å². The largest absolute Gasteiger partial charge is 0.504 e. The van der Waals surface area contributed by atoms with Crippen molar-refractivity contribution in [3.63, 3.8) is 0 Å². The van der Waals surface area contributed by atoms with Crippen LogP contribution in [0.2, 0.25) is 0 Å². The highest BCUT2D eigenvalue weighted by Crippen LogP contribution is 2.47. The lowest BCUT2D eigenvalue weighted by molar-refractivity contribution is -0.138. The first-order valence-corrected chi connectivity index (χ1v) is 7.86. The number of fused-ring (bicyclic) bond motifs is 3. The topological polar surface area (TPSA) is 189 Å². The Kier molecular flexibility index (Phi) is 3.47. The molecule has 1 atom stereocenters. The van der Waals surface area contributed by atoms with E-state index in [4.69, 9.17) is 8.97 Å². The zero-order valence-corrected chi connectivity index (χ0v) is 12.7. The number of phenols is 2. The van der Waals surface area contributed by atoms with Crippen LogP contribution in [0.3, 0.4) is 0 Å². The molecular weight excluding hydrogens is 364 g/mol. The van der Waals surface area contributed by atoms with Gasteiger partial charge >= 0.3 is 22.0 Å². The van der Waals surface area contributed by atoms with Crippen molar-refractivity contribution in [3.05, 3.63) is 27.8 Å². The van der Waals surface area contributed by atoms with Gasteiger partial charge in [0.2, 0.25) is 5.75 Å². The van der Waals surface area contributed by atoms with Crippen molar-refractivity contribution in [2.75, 3.05) is 0 Å². The monoisotopic (exact) mass is 372 g/mol. The summed E-state index contributed by atoms with van der Waals surface area (Å²) in [4.78, 5) is 35.3. The van der Waals surface area contributed by atoms with Crippen LogP contribution in [0.25, 0.3) is 10.8 Å². The highest BCUT2D eigenvalue weighted by Gasteiger charge is 2.41. The van der Waals surface area contributed by atoms with Gasteiger partial charge in [0.05, 0.1) is 11.3 Å². The van der Waals surface area contributed by atoms with Crippen LogP contribution in [0, 0.1) is 0 Å². The van der Waals surface area contributed by atoms with Crippen molar-refractivity contribution in [1.82, 2.24) is 0 Å². The molecule has 1 aliphatic rings. The van der Waals surface area contributed by atoms with E-state index in [1.807, 2.05) is 0 Å². The Balaban J connectivity index is 2.56. The minimum atomic E-state index is -5.23. The maximum Gasteiger partial charge on any atom is 0.446 e. The molecule has 0 amide bonds. The Bertz CT molecular complexity index is 1110. The molecule has 0 bridgehead atoms. The molecule has 1 aliphatic carbocycles. The number of carbonyl (C=O) groups is 2. The highest BCUT2D eigenvalue weighted by atomic mass is 32.3. The predicted molar refractivity (Wildman–Crippen MR) is 77.3 cm³/mol. The minimum Gasteiger partial charge on any atom is -0.504 e. The van der Waals surface area contributed by atoms with Crippen molar-refractivity contribution in [3.8, 4) is 17.2 Å². The predicted octanol–water partition coefficient (Wildman–Crippen LogP) is 0.140. The van der Waals surface area contributed by atoms with Crippen LogP contribution in [-0.2, 0) is 15.2 Å². The third kappa shape index (κ3) is 2.56. The molecule has 0 radical (unpaired) electrons. The zero-order valence-electron chi connectivity index (χ0n) is 11.9. The van der Waals surface area contributed by atoms with Gasteiger partial charge in [0.25, 0.3) is 0 Å². The third-order valence-corrected chi connectivity index (χ3v) is 4.02. The molecule has 0 aliphatic heterocycles. The second kappa shape index (κ2) is 5.19. The number of rotatable bonds is 3. The fourth-order valence-corrected chi connectivity index (χ4v) is 3.07. The molecule has 0 fully saturated rings. The van der Waals surface area contributed by atoms with Crippen molar-refractivity contribution >= 4 is 32.9 Å². The van der Waals surface area contributed by atoms with Crippen molar-refractivity contribution in [2.45, 2.75) is 12.3 Å². The molecule has 3 rings (SSSR count). The van der Waals surface area contributed by atoms with Gasteiger partial charge in [-0.3, -0.25) is 14.1 Å². The summed E-state index contributed by atoms with van der Waals surface area (Å²) in [5.41, 5.74) is -1.61. The van der Waals surface area contributed by atoms with E-state index in [1.165, 1.54) is 0 Å². The summed E-state index contributed by atoms with van der Waals surface area (Å²) in [7, 11) is -5.23. The normalized spacial score (nSPS) is 16.8. The molecule has 12 heteroatoms. The molecule has 1 unspecified atom stereocenters. The van der Waals surface area contributed by atoms with Gasteiger partial charge in [-0.05, 0) is 6.07 Å². The molecule has 25 heavy (non-hydrogen) atoms. The molecule has 132 valence electrons. The molecule has 11 nitrogen and oxygen atoms in total. The number of carboxylic acids is 1. The molecule has 1 aromatic heterocycles. The number of benzene rings is 1. The summed E-state index contributed by atoms with van der Waals surface area (Å²) in [5, 5.41) is 27.6. The van der Waals surface area contributed by atoms with Crippen LogP contribution >= 0.6 is 0 Å². The Morgan fingerprint density at radius 3 is 2.48 bits per heavy atom. The Hall–Kier alpha value is -3.12. The summed E-state index contributed by atoms with van der Waals surface area (Å²) in [6, 6.07) is 0.690. The van der Waals surface area contributed by atoms with Crippen LogP contribution in [0.1, 0.15) is 28.5 Å². The quantitative estimate of drug-likeness (QED) is 0.423. The van der Waals surface area contributed by atoms with Gasteiger partial charge in [0, 0.05) is 17.4 Å². The number of hydrogen-bond acceptors (Lipinski definition) is 9. The second-order valence-corrected chi connectivity index (χ2v) is 6.18. The van der Waals surface area contributed by atoms with Gasteiger partial charge < -0.3 is 23.9 Å². The number of Topliss-reactive ketones (excluding diaryl/α,β-unsaturated/α-hetero) is 1. The van der Waals surface area contributed by atoms with E-state index in [9.17, 15) is 38.1 Å². The average molecular weight is 372 g/mol. The first-order valence-electron chi connectivity index (χ1n) is 6.49. The maximum atomic E-state index is 12.0. The molecular formula is C13H8O11S. The Morgan fingerprint density at radius 2 is 1.92 bits per heavy atom. The third-order valence-electron chi connectivity index (χ3n) is 3.64. The fourth-order valence-electron chi connectivity index (χ4n) is 2.70. The first kappa shape index (κ1) is 16.7. The van der Waals surface area contributed by atoms with Gasteiger partial charge in [0.1, 0.15) is 0 Å². The van der Waals surface area contributed by atoms with Gasteiger partial charge in [-0.1, -0.05) is 0 Å². The molecule has 1 heterocycles. The molecule has 0 spiro atoms. The molecule has 4 N–H and O–H groups in total. The van der Waals surface area contributed by atoms with Gasteiger partial charge in [-0.15, -0.1) is 0 Å². The number of hydrogen-bond donors (Lipinski definition) is 4. The van der Waals surface area contributed by atoms with E-state index < -0.39 is 79.5 Å². The summed E-state index contributed by atoms with van der Waals surface area (Å²) in [5.74, 6) is -7.71. The lowest BCUT2D eigenvalue weighted by atomic mass is 9.96. The lowest BCUT2D eigenvalue weighted by Crippen LogP contribution is -2.13. The van der Waals surface area contributed by atoms with E-state index in [1.54, 1.807) is 0 Å². The fraction of sp³-hybridized carbons (Fsp3) is 0.154. The van der Waals surface area contributed by atoms with Crippen LogP contribution in [0.4, 0.5) is 0 Å². The average Bonchev–Trinajstić information content (AvgIpc) is 2.80. The van der Waals surface area contributed by atoms with Crippen molar-refractivity contribution in [2.24, 2.45) is 0 Å². The van der Waals surface area contributed by atoms with Crippen LogP contribution < -0.4 is 9.81 Å². The SMILES string of the molecule is O=C1CC(C(=O)O)c2c1oc(=O)c1cc(O)c(O)c(OS(=O)(=O)O)c21. The van der Waals surface area contributed by atoms with E-state index >= 15 is 0 Å². The Morgan fingerprint density at radius 1 is 1.28 bits per heavy atom. The molecule has 0 saturated carbocycles. The van der Waals surface area contributed by atoms with Gasteiger partial charge in [0.15, 0.2) is 23.0 Å². The minimum absolute atomic E-state index is 0.402. The number of carboxylic acid groups (broad SMARTS) is 1. The first-order chi connectivity index (χ1) is 11.5. The second-order valence-electron chi connectivity index (χ2n) is 5.16. The van der Waals surface area contributed by atoms with Crippen LogP contribution in [0.15, 0.2) is 15.3 Å². The number of phenolic OH excluding ortho intramolecular Hbond substituents is 2.